The van der Waals surface area contributed by atoms with E-state index in [1.54, 1.807) is 0 Å². The summed E-state index contributed by atoms with van der Waals surface area (Å²) >= 11 is 0. The molecule has 0 unspecified atom stereocenters. The van der Waals surface area contributed by atoms with E-state index in [9.17, 15) is 15.0 Å². The van der Waals surface area contributed by atoms with Crippen LogP contribution in [0.4, 0.5) is 0 Å². The molecule has 0 spiro atoms. The molecule has 3 N–H and O–H groups in total. The molecule has 0 aromatic carbocycles. The first-order valence-electron chi connectivity index (χ1n) is 4.26. The van der Waals surface area contributed by atoms with Crippen molar-refractivity contribution in [1.82, 2.24) is 0 Å². The lowest BCUT2D eigenvalue weighted by atomic mass is 9.95. The van der Waals surface area contributed by atoms with Crippen LogP contribution in [0.15, 0.2) is 0 Å². The SMILES string of the molecule is CO[C@@H]1[C@@H](O)[C@H](C)O[C@H](C(=O)O)[C@H]1O. The van der Waals surface area contributed by atoms with E-state index in [4.69, 9.17) is 14.6 Å². The van der Waals surface area contributed by atoms with Crippen LogP contribution in [0.1, 0.15) is 6.92 Å². The van der Waals surface area contributed by atoms with Crippen molar-refractivity contribution < 1.29 is 29.6 Å². The van der Waals surface area contributed by atoms with E-state index in [-0.39, 0.29) is 0 Å². The zero-order valence-corrected chi connectivity index (χ0v) is 7.95. The molecule has 14 heavy (non-hydrogen) atoms. The average Bonchev–Trinajstić information content (AvgIpc) is 2.12. The molecule has 1 heterocycles. The average molecular weight is 206 g/mol. The predicted molar refractivity (Wildman–Crippen MR) is 44.8 cm³/mol. The Balaban J connectivity index is 2.80. The third-order valence-electron chi connectivity index (χ3n) is 2.34. The number of aliphatic hydroxyl groups is 2. The Bertz CT molecular complexity index is 218. The first-order chi connectivity index (χ1) is 6.49. The highest BCUT2D eigenvalue weighted by Gasteiger charge is 2.46. The molecule has 0 bridgehead atoms. The van der Waals surface area contributed by atoms with Gasteiger partial charge in [0.1, 0.15) is 18.3 Å². The third-order valence-corrected chi connectivity index (χ3v) is 2.34. The van der Waals surface area contributed by atoms with Crippen molar-refractivity contribution >= 4 is 5.97 Å². The highest BCUT2D eigenvalue weighted by molar-refractivity contribution is 5.73. The van der Waals surface area contributed by atoms with E-state index >= 15 is 0 Å². The molecular formula is C8H14O6. The van der Waals surface area contributed by atoms with Crippen LogP contribution in [-0.2, 0) is 14.3 Å². The van der Waals surface area contributed by atoms with Crippen molar-refractivity contribution in [3.63, 3.8) is 0 Å². The first-order valence-corrected chi connectivity index (χ1v) is 4.26. The molecule has 1 saturated heterocycles. The minimum absolute atomic E-state index is 0.676. The maximum absolute atomic E-state index is 10.7. The minimum atomic E-state index is -1.36. The summed E-state index contributed by atoms with van der Waals surface area (Å²) in [5.74, 6) is -1.27. The molecule has 5 atom stereocenters. The van der Waals surface area contributed by atoms with Crippen LogP contribution in [0.5, 0.6) is 0 Å². The summed E-state index contributed by atoms with van der Waals surface area (Å²) in [6, 6.07) is 0. The normalized spacial score (nSPS) is 43.6. The molecule has 1 rings (SSSR count). The molecule has 0 aliphatic carbocycles. The van der Waals surface area contributed by atoms with E-state index in [1.807, 2.05) is 0 Å². The van der Waals surface area contributed by atoms with Crippen LogP contribution >= 0.6 is 0 Å². The van der Waals surface area contributed by atoms with Gasteiger partial charge in [0.2, 0.25) is 0 Å². The quantitative estimate of drug-likeness (QED) is 0.514. The lowest BCUT2D eigenvalue weighted by molar-refractivity contribution is -0.229. The van der Waals surface area contributed by atoms with Gasteiger partial charge in [-0.15, -0.1) is 0 Å². The summed E-state index contributed by atoms with van der Waals surface area (Å²) in [5, 5.41) is 27.7. The third kappa shape index (κ3) is 1.88. The standard InChI is InChI=1S/C8H14O6/c1-3-4(9)6(13-2)5(10)7(14-3)8(11)12/h3-7,9-10H,1-2H3,(H,11,12)/t3-,4-,5-,6+,7-/m0/s1. The number of aliphatic hydroxyl groups excluding tert-OH is 2. The Morgan fingerprint density at radius 1 is 1.36 bits per heavy atom. The fourth-order valence-corrected chi connectivity index (χ4v) is 1.52. The number of carboxylic acids is 1. The second-order valence-corrected chi connectivity index (χ2v) is 3.28. The number of hydrogen-bond acceptors (Lipinski definition) is 5. The summed E-state index contributed by atoms with van der Waals surface area (Å²) in [6.45, 7) is 1.53. The van der Waals surface area contributed by atoms with Crippen molar-refractivity contribution in [2.24, 2.45) is 0 Å². The number of carbonyl (C=O) groups is 1. The number of ether oxygens (including phenoxy) is 2. The number of carboxylic acid groups (broad SMARTS) is 1. The summed E-state index contributed by atoms with van der Waals surface area (Å²) in [7, 11) is 1.30. The molecule has 82 valence electrons. The van der Waals surface area contributed by atoms with Crippen molar-refractivity contribution in [3.8, 4) is 0 Å². The Hall–Kier alpha value is -0.690. The van der Waals surface area contributed by atoms with Gasteiger partial charge >= 0.3 is 5.97 Å². The fourth-order valence-electron chi connectivity index (χ4n) is 1.52. The van der Waals surface area contributed by atoms with Gasteiger partial charge in [0.15, 0.2) is 6.10 Å². The van der Waals surface area contributed by atoms with Crippen LogP contribution < -0.4 is 0 Å². The molecule has 6 nitrogen and oxygen atoms in total. The molecule has 6 heteroatoms. The van der Waals surface area contributed by atoms with Crippen LogP contribution in [0, 0.1) is 0 Å². The van der Waals surface area contributed by atoms with Crippen LogP contribution in [-0.4, -0.2) is 58.9 Å². The van der Waals surface area contributed by atoms with Gasteiger partial charge in [0.25, 0.3) is 0 Å². The fraction of sp³-hybridized carbons (Fsp3) is 0.875. The summed E-state index contributed by atoms with van der Waals surface area (Å²) in [6.07, 6.45) is -5.34. The lowest BCUT2D eigenvalue weighted by Gasteiger charge is -2.39. The summed E-state index contributed by atoms with van der Waals surface area (Å²) in [4.78, 5) is 10.7. The number of aliphatic carboxylic acids is 1. The van der Waals surface area contributed by atoms with E-state index < -0.39 is 36.5 Å². The molecule has 0 aromatic heterocycles. The second kappa shape index (κ2) is 4.22. The van der Waals surface area contributed by atoms with Gasteiger partial charge < -0.3 is 24.8 Å². The van der Waals surface area contributed by atoms with Gasteiger partial charge in [-0.3, -0.25) is 0 Å². The van der Waals surface area contributed by atoms with Crippen molar-refractivity contribution in [2.45, 2.75) is 37.4 Å². The Kier molecular flexibility index (Phi) is 3.43. The Morgan fingerprint density at radius 2 is 1.93 bits per heavy atom. The molecule has 1 fully saturated rings. The van der Waals surface area contributed by atoms with Gasteiger partial charge in [-0.1, -0.05) is 0 Å². The first kappa shape index (κ1) is 11.4. The maximum atomic E-state index is 10.7. The van der Waals surface area contributed by atoms with E-state index in [0.29, 0.717) is 0 Å². The van der Waals surface area contributed by atoms with Crippen LogP contribution in [0.3, 0.4) is 0 Å². The van der Waals surface area contributed by atoms with E-state index in [2.05, 4.69) is 0 Å². The predicted octanol–water partition coefficient (Wildman–Crippen LogP) is -1.40. The number of rotatable bonds is 2. The Morgan fingerprint density at radius 3 is 2.36 bits per heavy atom. The lowest BCUT2D eigenvalue weighted by Crippen LogP contribution is -2.59. The van der Waals surface area contributed by atoms with Crippen molar-refractivity contribution in [3.05, 3.63) is 0 Å². The van der Waals surface area contributed by atoms with Gasteiger partial charge in [-0.25, -0.2) is 4.79 Å². The van der Waals surface area contributed by atoms with Crippen molar-refractivity contribution in [2.75, 3.05) is 7.11 Å². The second-order valence-electron chi connectivity index (χ2n) is 3.28. The zero-order valence-electron chi connectivity index (χ0n) is 7.95. The van der Waals surface area contributed by atoms with Crippen LogP contribution in [0.25, 0.3) is 0 Å². The molecular weight excluding hydrogens is 192 g/mol. The summed E-state index contributed by atoms with van der Waals surface area (Å²) in [5.41, 5.74) is 0. The molecule has 0 saturated carbocycles. The summed E-state index contributed by atoms with van der Waals surface area (Å²) < 4.78 is 9.75. The Labute approximate surface area is 81.1 Å². The molecule has 1 aliphatic heterocycles. The highest BCUT2D eigenvalue weighted by atomic mass is 16.6. The number of methoxy groups -OCH3 is 1. The minimum Gasteiger partial charge on any atom is -0.479 e. The van der Waals surface area contributed by atoms with Gasteiger partial charge in [0.05, 0.1) is 6.10 Å². The maximum Gasteiger partial charge on any atom is 0.335 e. The van der Waals surface area contributed by atoms with Gasteiger partial charge in [0, 0.05) is 7.11 Å². The largest absolute Gasteiger partial charge is 0.479 e. The monoisotopic (exact) mass is 206 g/mol. The van der Waals surface area contributed by atoms with E-state index in [1.165, 1.54) is 14.0 Å². The number of hydrogen-bond donors (Lipinski definition) is 3. The molecule has 0 aromatic rings. The molecule has 1 aliphatic rings. The van der Waals surface area contributed by atoms with E-state index in [0.717, 1.165) is 0 Å². The smallest absolute Gasteiger partial charge is 0.335 e. The molecule has 0 amide bonds. The van der Waals surface area contributed by atoms with Gasteiger partial charge in [-0.05, 0) is 6.92 Å². The van der Waals surface area contributed by atoms with Gasteiger partial charge in [-0.2, -0.15) is 0 Å². The topological polar surface area (TPSA) is 96.2 Å². The van der Waals surface area contributed by atoms with Crippen molar-refractivity contribution in [1.29, 1.82) is 0 Å². The molecule has 0 radical (unpaired) electrons. The highest BCUT2D eigenvalue weighted by Crippen LogP contribution is 2.22. The van der Waals surface area contributed by atoms with Crippen LogP contribution in [0.2, 0.25) is 0 Å². The zero-order chi connectivity index (χ0) is 10.9.